The minimum Gasteiger partial charge on any atom is -0.493 e. The summed E-state index contributed by atoms with van der Waals surface area (Å²) in [7, 11) is 1.51. The zero-order valence-corrected chi connectivity index (χ0v) is 22.8. The molecule has 1 saturated heterocycles. The van der Waals surface area contributed by atoms with Crippen molar-refractivity contribution in [3.8, 4) is 11.5 Å². The Morgan fingerprint density at radius 2 is 1.89 bits per heavy atom. The smallest absolute Gasteiger partial charge is 0.279 e. The number of methoxy groups -OCH3 is 1. The van der Waals surface area contributed by atoms with Gasteiger partial charge in [0.2, 0.25) is 0 Å². The van der Waals surface area contributed by atoms with Crippen molar-refractivity contribution in [2.75, 3.05) is 7.11 Å². The van der Waals surface area contributed by atoms with Crippen molar-refractivity contribution in [2.45, 2.75) is 6.61 Å². The molecule has 1 aliphatic heterocycles. The number of ether oxygens (including phenoxy) is 2. The average molecular weight is 650 g/mol. The van der Waals surface area contributed by atoms with Crippen LogP contribution in [0.2, 0.25) is 5.02 Å². The van der Waals surface area contributed by atoms with E-state index in [-0.39, 0.29) is 23.4 Å². The van der Waals surface area contributed by atoms with E-state index in [2.05, 4.69) is 32.9 Å². The molecule has 9 nitrogen and oxygen atoms in total. The average Bonchev–Trinajstić information content (AvgIpc) is 3.21. The molecule has 1 heterocycles. The highest BCUT2D eigenvalue weighted by Gasteiger charge is 2.25. The van der Waals surface area contributed by atoms with Gasteiger partial charge in [-0.25, -0.2) is 0 Å². The number of carbonyl (C=O) groups excluding carboxylic acids is 2. The van der Waals surface area contributed by atoms with Gasteiger partial charge in [0, 0.05) is 22.7 Å². The largest absolute Gasteiger partial charge is 0.493 e. The van der Waals surface area contributed by atoms with Gasteiger partial charge in [-0.3, -0.25) is 19.7 Å². The Bertz CT molecular complexity index is 1440. The summed E-state index contributed by atoms with van der Waals surface area (Å²) in [6.45, 7) is 0.185. The van der Waals surface area contributed by atoms with Crippen LogP contribution >= 0.6 is 46.0 Å². The molecule has 37 heavy (non-hydrogen) atoms. The number of benzene rings is 3. The summed E-state index contributed by atoms with van der Waals surface area (Å²) in [5, 5.41) is 14.1. The quantitative estimate of drug-likeness (QED) is 0.148. The van der Waals surface area contributed by atoms with Gasteiger partial charge in [0.25, 0.3) is 17.5 Å². The first-order valence-electron chi connectivity index (χ1n) is 10.6. The molecule has 1 aliphatic rings. The number of nitro benzene ring substituents is 1. The number of hydrogen-bond donors (Lipinski definition) is 1. The topological polar surface area (TPSA) is 120 Å². The third-order valence-corrected chi connectivity index (χ3v) is 6.99. The maximum atomic E-state index is 12.5. The number of nitro groups is 1. The summed E-state index contributed by atoms with van der Waals surface area (Å²) in [5.74, 6) is 0.0883. The monoisotopic (exact) mass is 649 g/mol. The lowest BCUT2D eigenvalue weighted by atomic mass is 10.1. The van der Waals surface area contributed by atoms with E-state index in [1.54, 1.807) is 48.5 Å². The first-order chi connectivity index (χ1) is 17.7. The van der Waals surface area contributed by atoms with Gasteiger partial charge in [0.15, 0.2) is 16.7 Å². The van der Waals surface area contributed by atoms with Crippen molar-refractivity contribution in [3.63, 3.8) is 0 Å². The molecule has 0 aromatic heterocycles. The van der Waals surface area contributed by atoms with Crippen LogP contribution in [0, 0.1) is 13.7 Å². The van der Waals surface area contributed by atoms with Gasteiger partial charge < -0.3 is 14.8 Å². The van der Waals surface area contributed by atoms with Gasteiger partial charge in [0.1, 0.15) is 6.61 Å². The van der Waals surface area contributed by atoms with Crippen LogP contribution in [0.15, 0.2) is 70.6 Å². The standard InChI is InChI=1S/C25H17ClIN3O6S/c1-35-20-11-15(10-19(27)22(20)36-13-14-2-8-18(9-3-14)30(33)34)12-21-24(32)29-25(37-21)28-23(31)16-4-6-17(26)7-5-16/h2-12H,13H2,1H3,(H,28,29,31,32)/b21-12-. The zero-order valence-electron chi connectivity index (χ0n) is 19.1. The van der Waals surface area contributed by atoms with Gasteiger partial charge in [-0.15, -0.1) is 0 Å². The number of amidine groups is 1. The van der Waals surface area contributed by atoms with Crippen LogP contribution in [0.25, 0.3) is 6.08 Å². The molecule has 12 heteroatoms. The van der Waals surface area contributed by atoms with Crippen LogP contribution in [0.4, 0.5) is 5.69 Å². The van der Waals surface area contributed by atoms with E-state index in [9.17, 15) is 19.7 Å². The second-order valence-electron chi connectivity index (χ2n) is 7.54. The Labute approximate surface area is 234 Å². The summed E-state index contributed by atoms with van der Waals surface area (Å²) >= 11 is 9.01. The van der Waals surface area contributed by atoms with Crippen molar-refractivity contribution in [2.24, 2.45) is 4.99 Å². The highest BCUT2D eigenvalue weighted by molar-refractivity contribution is 14.1. The Hall–Kier alpha value is -3.42. The molecule has 0 radical (unpaired) electrons. The van der Waals surface area contributed by atoms with E-state index < -0.39 is 10.8 Å². The van der Waals surface area contributed by atoms with E-state index in [0.29, 0.717) is 32.6 Å². The lowest BCUT2D eigenvalue weighted by molar-refractivity contribution is -0.384. The number of hydrogen-bond acceptors (Lipinski definition) is 7. The van der Waals surface area contributed by atoms with Crippen molar-refractivity contribution in [1.82, 2.24) is 5.32 Å². The molecule has 0 unspecified atom stereocenters. The maximum Gasteiger partial charge on any atom is 0.279 e. The number of nitrogens with one attached hydrogen (secondary N) is 1. The van der Waals surface area contributed by atoms with E-state index in [0.717, 1.165) is 20.9 Å². The first kappa shape index (κ1) is 26.6. The molecule has 0 saturated carbocycles. The Morgan fingerprint density at radius 1 is 1.19 bits per heavy atom. The first-order valence-corrected chi connectivity index (χ1v) is 12.8. The van der Waals surface area contributed by atoms with Crippen molar-refractivity contribution < 1.29 is 24.0 Å². The second kappa shape index (κ2) is 11.8. The Balaban J connectivity index is 1.49. The molecule has 3 aromatic carbocycles. The SMILES string of the molecule is COc1cc(/C=C2\SC(=NC(=O)c3ccc(Cl)cc3)NC2=O)cc(I)c1OCc1ccc([N+](=O)[O-])cc1. The molecule has 2 amide bonds. The minimum atomic E-state index is -0.494. The van der Waals surface area contributed by atoms with E-state index in [1.807, 2.05) is 6.07 Å². The molecule has 0 aliphatic carbocycles. The fourth-order valence-corrected chi connectivity index (χ4v) is 4.94. The molecule has 188 valence electrons. The predicted molar refractivity (Wildman–Crippen MR) is 150 cm³/mol. The van der Waals surface area contributed by atoms with Crippen molar-refractivity contribution in [1.29, 1.82) is 0 Å². The van der Waals surface area contributed by atoms with Gasteiger partial charge >= 0.3 is 0 Å². The van der Waals surface area contributed by atoms with Crippen LogP contribution in [-0.2, 0) is 11.4 Å². The van der Waals surface area contributed by atoms with Crippen LogP contribution < -0.4 is 14.8 Å². The molecule has 1 N–H and O–H groups in total. The Kier molecular flexibility index (Phi) is 8.46. The number of rotatable bonds is 7. The van der Waals surface area contributed by atoms with Gasteiger partial charge in [-0.2, -0.15) is 4.99 Å². The van der Waals surface area contributed by atoms with Crippen LogP contribution in [0.1, 0.15) is 21.5 Å². The lowest BCUT2D eigenvalue weighted by Gasteiger charge is -2.14. The normalized spacial score (nSPS) is 15.1. The molecule has 3 aromatic rings. The molecule has 0 atom stereocenters. The number of nitrogens with zero attached hydrogens (tertiary/aromatic N) is 2. The molecular weight excluding hydrogens is 633 g/mol. The van der Waals surface area contributed by atoms with Gasteiger partial charge in [0.05, 0.1) is 20.5 Å². The summed E-state index contributed by atoms with van der Waals surface area (Å²) in [6.07, 6.45) is 1.67. The molecule has 4 rings (SSSR count). The van der Waals surface area contributed by atoms with E-state index >= 15 is 0 Å². The van der Waals surface area contributed by atoms with Crippen molar-refractivity contribution in [3.05, 3.63) is 101 Å². The number of carbonyl (C=O) groups is 2. The molecule has 1 fully saturated rings. The molecular formula is C25H17ClIN3O6S. The third kappa shape index (κ3) is 6.67. The van der Waals surface area contributed by atoms with Gasteiger partial charge in [-0.1, -0.05) is 11.6 Å². The lowest BCUT2D eigenvalue weighted by Crippen LogP contribution is -2.20. The fourth-order valence-electron chi connectivity index (χ4n) is 3.21. The van der Waals surface area contributed by atoms with Gasteiger partial charge in [-0.05, 0) is 100 Å². The molecule has 0 bridgehead atoms. The minimum absolute atomic E-state index is 0.00432. The fraction of sp³-hybridized carbons (Fsp3) is 0.0800. The summed E-state index contributed by atoms with van der Waals surface area (Å²) in [6, 6.07) is 15.9. The van der Waals surface area contributed by atoms with Crippen molar-refractivity contribution >= 4 is 74.7 Å². The number of amides is 2. The number of halogens is 2. The van der Waals surface area contributed by atoms with Crippen LogP contribution in [-0.4, -0.2) is 29.0 Å². The summed E-state index contributed by atoms with van der Waals surface area (Å²) < 4.78 is 12.2. The number of thioether (sulfide) groups is 1. The predicted octanol–water partition coefficient (Wildman–Crippen LogP) is 5.84. The maximum absolute atomic E-state index is 12.5. The zero-order chi connectivity index (χ0) is 26.5. The number of non-ortho nitro benzene ring substituents is 1. The molecule has 0 spiro atoms. The highest BCUT2D eigenvalue weighted by atomic mass is 127. The highest BCUT2D eigenvalue weighted by Crippen LogP contribution is 2.36. The summed E-state index contributed by atoms with van der Waals surface area (Å²) in [5.41, 5.74) is 1.80. The number of aliphatic imine (C=N–C) groups is 1. The second-order valence-corrected chi connectivity index (χ2v) is 10.2. The summed E-state index contributed by atoms with van der Waals surface area (Å²) in [4.78, 5) is 39.6. The van der Waals surface area contributed by atoms with Crippen LogP contribution in [0.3, 0.4) is 0 Å². The van der Waals surface area contributed by atoms with E-state index in [1.165, 1.54) is 19.2 Å². The van der Waals surface area contributed by atoms with Crippen LogP contribution in [0.5, 0.6) is 11.5 Å². The third-order valence-electron chi connectivity index (χ3n) is 5.03. The van der Waals surface area contributed by atoms with E-state index in [4.69, 9.17) is 21.1 Å². The Morgan fingerprint density at radius 3 is 2.54 bits per heavy atom.